The van der Waals surface area contributed by atoms with Gasteiger partial charge in [0.1, 0.15) is 5.82 Å². The zero-order chi connectivity index (χ0) is 20.5. The number of hydrogen-bond donors (Lipinski definition) is 2. The van der Waals surface area contributed by atoms with Gasteiger partial charge in [-0.15, -0.1) is 0 Å². The number of anilines is 1. The van der Waals surface area contributed by atoms with Gasteiger partial charge >= 0.3 is 0 Å². The van der Waals surface area contributed by atoms with Gasteiger partial charge in [-0.05, 0) is 76.0 Å². The molecule has 0 radical (unpaired) electrons. The molecule has 5 nitrogen and oxygen atoms in total. The number of nitrogens with one attached hydrogen (secondary N) is 2. The van der Waals surface area contributed by atoms with Crippen LogP contribution in [0.15, 0.2) is 36.4 Å². The number of carbonyl (C=O) groups is 1. The third-order valence-corrected chi connectivity index (χ3v) is 6.27. The van der Waals surface area contributed by atoms with E-state index in [1.807, 2.05) is 57.2 Å². The number of halogens is 1. The van der Waals surface area contributed by atoms with Crippen LogP contribution in [0.2, 0.25) is 5.02 Å². The van der Waals surface area contributed by atoms with Crippen molar-refractivity contribution in [3.63, 3.8) is 0 Å². The number of H-pyrrole nitrogens is 1. The van der Waals surface area contributed by atoms with E-state index in [0.717, 1.165) is 59.6 Å². The smallest absolute Gasteiger partial charge is 0.241 e. The first-order chi connectivity index (χ1) is 13.9. The highest BCUT2D eigenvalue weighted by Crippen LogP contribution is 2.29. The van der Waals surface area contributed by atoms with Gasteiger partial charge in [0.05, 0.1) is 17.1 Å². The van der Waals surface area contributed by atoms with E-state index >= 15 is 0 Å². The van der Waals surface area contributed by atoms with Crippen molar-refractivity contribution in [3.8, 4) is 0 Å². The molecule has 2 heterocycles. The number of rotatable bonds is 4. The van der Waals surface area contributed by atoms with Crippen LogP contribution in [0.5, 0.6) is 0 Å². The van der Waals surface area contributed by atoms with E-state index in [4.69, 9.17) is 16.6 Å². The standard InChI is InChI=1S/C23H27ClN4O/c1-14-5-4-6-15(2)21(14)27-23(29)16(3)28-11-9-17(10-12-28)22-25-19-8-7-18(24)13-20(19)26-22/h4-8,13,16-17H,9-12H2,1-3H3,(H,25,26)(H,27,29)/t16-/m0/s1. The summed E-state index contributed by atoms with van der Waals surface area (Å²) in [5.74, 6) is 1.46. The van der Waals surface area contributed by atoms with Crippen LogP contribution in [0.3, 0.4) is 0 Å². The van der Waals surface area contributed by atoms with Gasteiger partial charge in [-0.25, -0.2) is 4.98 Å². The summed E-state index contributed by atoms with van der Waals surface area (Å²) in [4.78, 5) is 23.3. The van der Waals surface area contributed by atoms with Gasteiger partial charge in [0, 0.05) is 16.6 Å². The molecule has 152 valence electrons. The van der Waals surface area contributed by atoms with E-state index in [9.17, 15) is 4.79 Å². The molecule has 3 aromatic rings. The first-order valence-corrected chi connectivity index (χ1v) is 10.6. The van der Waals surface area contributed by atoms with Crippen LogP contribution in [0.1, 0.15) is 42.6 Å². The summed E-state index contributed by atoms with van der Waals surface area (Å²) in [6, 6.07) is 11.6. The number of aryl methyl sites for hydroxylation is 2. The van der Waals surface area contributed by atoms with Crippen LogP contribution < -0.4 is 5.32 Å². The van der Waals surface area contributed by atoms with Crippen LogP contribution >= 0.6 is 11.6 Å². The Labute approximate surface area is 176 Å². The van der Waals surface area contributed by atoms with E-state index in [1.54, 1.807) is 0 Å². The van der Waals surface area contributed by atoms with Crippen LogP contribution in [0, 0.1) is 13.8 Å². The molecule has 4 rings (SSSR count). The van der Waals surface area contributed by atoms with Gasteiger partial charge in [-0.2, -0.15) is 0 Å². The number of aromatic amines is 1. The van der Waals surface area contributed by atoms with Gasteiger partial charge in [0.25, 0.3) is 0 Å². The zero-order valence-corrected chi connectivity index (χ0v) is 17.9. The molecule has 2 aromatic carbocycles. The Morgan fingerprint density at radius 3 is 2.59 bits per heavy atom. The lowest BCUT2D eigenvalue weighted by atomic mass is 9.95. The normalized spacial score (nSPS) is 16.8. The van der Waals surface area contributed by atoms with Crippen molar-refractivity contribution in [3.05, 3.63) is 58.4 Å². The van der Waals surface area contributed by atoms with E-state index in [2.05, 4.69) is 15.2 Å². The van der Waals surface area contributed by atoms with Crippen molar-refractivity contribution in [2.75, 3.05) is 18.4 Å². The molecule has 0 unspecified atom stereocenters. The number of imidazole rings is 1. The average Bonchev–Trinajstić information content (AvgIpc) is 3.13. The molecule has 29 heavy (non-hydrogen) atoms. The average molecular weight is 411 g/mol. The molecule has 1 aromatic heterocycles. The number of likely N-dealkylation sites (tertiary alicyclic amines) is 1. The number of hydrogen-bond acceptors (Lipinski definition) is 3. The summed E-state index contributed by atoms with van der Waals surface area (Å²) in [7, 11) is 0. The largest absolute Gasteiger partial charge is 0.342 e. The van der Waals surface area contributed by atoms with Gasteiger partial charge in [-0.3, -0.25) is 9.69 Å². The highest BCUT2D eigenvalue weighted by atomic mass is 35.5. The number of piperidine rings is 1. The van der Waals surface area contributed by atoms with E-state index < -0.39 is 0 Å². The summed E-state index contributed by atoms with van der Waals surface area (Å²) >= 11 is 6.08. The number of para-hydroxylation sites is 1. The van der Waals surface area contributed by atoms with Gasteiger partial charge in [0.2, 0.25) is 5.91 Å². The summed E-state index contributed by atoms with van der Waals surface area (Å²) in [6.07, 6.45) is 1.96. The quantitative estimate of drug-likeness (QED) is 0.633. The molecule has 1 fully saturated rings. The van der Waals surface area contributed by atoms with Crippen molar-refractivity contribution in [1.82, 2.24) is 14.9 Å². The lowest BCUT2D eigenvalue weighted by Gasteiger charge is -2.34. The maximum Gasteiger partial charge on any atom is 0.241 e. The number of carbonyl (C=O) groups excluding carboxylic acids is 1. The molecule has 1 aliphatic rings. The predicted octanol–water partition coefficient (Wildman–Crippen LogP) is 5.04. The van der Waals surface area contributed by atoms with Gasteiger partial charge in [0.15, 0.2) is 0 Å². The maximum atomic E-state index is 12.8. The number of fused-ring (bicyclic) bond motifs is 1. The van der Waals surface area contributed by atoms with Crippen molar-refractivity contribution in [1.29, 1.82) is 0 Å². The summed E-state index contributed by atoms with van der Waals surface area (Å²) in [5.41, 5.74) is 5.05. The predicted molar refractivity (Wildman–Crippen MR) is 119 cm³/mol. The fourth-order valence-electron chi connectivity index (χ4n) is 4.16. The monoisotopic (exact) mass is 410 g/mol. The minimum Gasteiger partial charge on any atom is -0.342 e. The fourth-order valence-corrected chi connectivity index (χ4v) is 4.33. The second-order valence-electron chi connectivity index (χ2n) is 8.03. The Kier molecular flexibility index (Phi) is 5.61. The molecule has 1 saturated heterocycles. The van der Waals surface area contributed by atoms with E-state index in [0.29, 0.717) is 10.9 Å². The summed E-state index contributed by atoms with van der Waals surface area (Å²) in [5, 5.41) is 3.84. The second kappa shape index (κ2) is 8.17. The SMILES string of the molecule is Cc1cccc(C)c1NC(=O)[C@H](C)N1CCC(c2nc3ccc(Cl)cc3[nH]2)CC1. The van der Waals surface area contributed by atoms with Crippen molar-refractivity contribution in [2.24, 2.45) is 0 Å². The Bertz CT molecular complexity index is 1020. The van der Waals surface area contributed by atoms with Gasteiger partial charge < -0.3 is 10.3 Å². The lowest BCUT2D eigenvalue weighted by molar-refractivity contribution is -0.121. The molecular weight excluding hydrogens is 384 g/mol. The number of aromatic nitrogens is 2. The third kappa shape index (κ3) is 4.16. The molecule has 1 amide bonds. The fraction of sp³-hybridized carbons (Fsp3) is 0.391. The topological polar surface area (TPSA) is 61.0 Å². The Hall–Kier alpha value is -2.37. The Morgan fingerprint density at radius 2 is 1.90 bits per heavy atom. The van der Waals surface area contributed by atoms with E-state index in [1.165, 1.54) is 0 Å². The van der Waals surface area contributed by atoms with Crippen LogP contribution in [0.4, 0.5) is 5.69 Å². The van der Waals surface area contributed by atoms with Gasteiger partial charge in [-0.1, -0.05) is 29.8 Å². The number of amides is 1. The minimum absolute atomic E-state index is 0.0548. The Balaban J connectivity index is 1.38. The number of nitrogens with zero attached hydrogens (tertiary/aromatic N) is 2. The maximum absolute atomic E-state index is 12.8. The Morgan fingerprint density at radius 1 is 1.21 bits per heavy atom. The van der Waals surface area contributed by atoms with E-state index in [-0.39, 0.29) is 11.9 Å². The second-order valence-corrected chi connectivity index (χ2v) is 8.46. The lowest BCUT2D eigenvalue weighted by Crippen LogP contribution is -2.46. The molecule has 0 spiro atoms. The molecule has 6 heteroatoms. The highest BCUT2D eigenvalue weighted by Gasteiger charge is 2.29. The molecule has 0 aliphatic carbocycles. The van der Waals surface area contributed by atoms with Crippen molar-refractivity contribution in [2.45, 2.75) is 45.6 Å². The molecule has 0 saturated carbocycles. The van der Waals surface area contributed by atoms with Crippen LogP contribution in [0.25, 0.3) is 11.0 Å². The summed E-state index contributed by atoms with van der Waals surface area (Å²) in [6.45, 7) is 7.80. The summed E-state index contributed by atoms with van der Waals surface area (Å²) < 4.78 is 0. The molecule has 0 bridgehead atoms. The third-order valence-electron chi connectivity index (χ3n) is 6.03. The molecule has 1 atom stereocenters. The minimum atomic E-state index is -0.163. The highest BCUT2D eigenvalue weighted by molar-refractivity contribution is 6.31. The zero-order valence-electron chi connectivity index (χ0n) is 17.1. The first-order valence-electron chi connectivity index (χ1n) is 10.2. The van der Waals surface area contributed by atoms with Crippen LogP contribution in [-0.2, 0) is 4.79 Å². The molecule has 1 aliphatic heterocycles. The van der Waals surface area contributed by atoms with Crippen molar-refractivity contribution < 1.29 is 4.79 Å². The number of benzene rings is 2. The van der Waals surface area contributed by atoms with Crippen LogP contribution in [-0.4, -0.2) is 39.9 Å². The van der Waals surface area contributed by atoms with Crippen molar-refractivity contribution >= 4 is 34.2 Å². The molecular formula is C23H27ClN4O. The first kappa shape index (κ1) is 19.9. The molecule has 2 N–H and O–H groups in total.